The summed E-state index contributed by atoms with van der Waals surface area (Å²) in [4.78, 5) is 52.4. The van der Waals surface area contributed by atoms with Crippen LogP contribution in [0.5, 0.6) is 0 Å². The third kappa shape index (κ3) is 7.32. The van der Waals surface area contributed by atoms with Crippen molar-refractivity contribution in [3.63, 3.8) is 0 Å². The van der Waals surface area contributed by atoms with Gasteiger partial charge in [-0.2, -0.15) is 17.6 Å². The van der Waals surface area contributed by atoms with Crippen LogP contribution < -0.4 is 16.0 Å². The molecular weight excluding hydrogens is 560 g/mol. The zero-order chi connectivity index (χ0) is 30.2. The van der Waals surface area contributed by atoms with E-state index in [1.807, 2.05) is 0 Å². The molecule has 0 aromatic rings. The Morgan fingerprint density at radius 2 is 1.77 bits per heavy atom. The molecule has 3 fully saturated rings. The molecule has 3 aliphatic rings. The molecule has 0 aromatic carbocycles. The molecule has 1 aliphatic carbocycles. The van der Waals surface area contributed by atoms with Crippen molar-refractivity contribution in [2.45, 2.75) is 77.2 Å². The fourth-order valence-electron chi connectivity index (χ4n) is 5.79. The van der Waals surface area contributed by atoms with E-state index in [2.05, 4.69) is 10.6 Å². The van der Waals surface area contributed by atoms with Crippen molar-refractivity contribution < 1.29 is 45.2 Å². The Kier molecular flexibility index (Phi) is 9.26. The highest BCUT2D eigenvalue weighted by Crippen LogP contribution is 2.43. The fourth-order valence-corrected chi connectivity index (χ4v) is 6.20. The molecule has 10 nitrogen and oxygen atoms in total. The van der Waals surface area contributed by atoms with Gasteiger partial charge in [0, 0.05) is 25.3 Å². The number of hydrogen-bond donors (Lipinski definition) is 3. The van der Waals surface area contributed by atoms with Crippen molar-refractivity contribution in [1.82, 2.24) is 20.9 Å². The molecule has 4 amide bonds. The first kappa shape index (κ1) is 31.8. The van der Waals surface area contributed by atoms with Crippen LogP contribution in [0.1, 0.15) is 52.9 Å². The lowest BCUT2D eigenvalue weighted by atomic mass is 9.85. The van der Waals surface area contributed by atoms with Crippen LogP contribution in [0.4, 0.5) is 17.6 Å². The van der Waals surface area contributed by atoms with Gasteiger partial charge in [-0.3, -0.25) is 19.2 Å². The van der Waals surface area contributed by atoms with Crippen LogP contribution in [0.3, 0.4) is 0 Å². The minimum Gasteiger partial charge on any atom is -0.356 e. The van der Waals surface area contributed by atoms with Gasteiger partial charge in [0.2, 0.25) is 32.7 Å². The summed E-state index contributed by atoms with van der Waals surface area (Å²) in [6.07, 6.45) is -1.55. The molecule has 0 aromatic heterocycles. The number of alkyl halides is 3. The number of sulfone groups is 1. The standard InChI is InChI=1S/C25H36F4N4O6S/c1-24(2,3)19(32-23(37)25(27,28)29)22(36)33-12-14-6-5-7-16(14)18(33)21(35)31-15(11-17(26)40(4,38)39)10-13-8-9-30-20(13)34/h11,13-16,18-19H,5-10,12H2,1-4H3,(H,30,34)(H,31,35)(H,32,37)/b17-11+/t13-,14+,15-,16+,18+,19+/m1/s1. The van der Waals surface area contributed by atoms with Gasteiger partial charge in [-0.25, -0.2) is 8.42 Å². The number of nitrogens with zero attached hydrogens (tertiary/aromatic N) is 1. The van der Waals surface area contributed by atoms with E-state index >= 15 is 0 Å². The zero-order valence-corrected chi connectivity index (χ0v) is 23.6. The summed E-state index contributed by atoms with van der Waals surface area (Å²) < 4.78 is 77.1. The van der Waals surface area contributed by atoms with Crippen molar-refractivity contribution in [3.05, 3.63) is 11.2 Å². The fraction of sp³-hybridized carbons (Fsp3) is 0.760. The predicted octanol–water partition coefficient (Wildman–Crippen LogP) is 1.57. The van der Waals surface area contributed by atoms with Crippen LogP contribution in [0.25, 0.3) is 0 Å². The SMILES string of the molecule is CC(C)(C)[C@@H](NC(=O)C(F)(F)F)C(=O)N1C[C@@H]2CCC[C@@H]2[C@H]1C(=O)N[C@@H](/C=C(\F)S(C)(=O)=O)C[C@H]1CCNC1=O. The summed E-state index contributed by atoms with van der Waals surface area (Å²) in [5.74, 6) is -5.25. The minimum atomic E-state index is -5.22. The molecule has 2 saturated heterocycles. The van der Waals surface area contributed by atoms with E-state index in [0.29, 0.717) is 38.1 Å². The summed E-state index contributed by atoms with van der Waals surface area (Å²) in [5.41, 5.74) is -1.14. The summed E-state index contributed by atoms with van der Waals surface area (Å²) >= 11 is 0. The van der Waals surface area contributed by atoms with Gasteiger partial charge in [-0.1, -0.05) is 27.2 Å². The lowest BCUT2D eigenvalue weighted by Crippen LogP contribution is -2.60. The smallest absolute Gasteiger partial charge is 0.356 e. The summed E-state index contributed by atoms with van der Waals surface area (Å²) in [6, 6.07) is -3.95. The van der Waals surface area contributed by atoms with Crippen molar-refractivity contribution in [3.8, 4) is 0 Å². The number of rotatable bonds is 8. The largest absolute Gasteiger partial charge is 0.471 e. The normalized spacial score (nSPS) is 27.1. The number of hydrogen-bond acceptors (Lipinski definition) is 6. The maximum atomic E-state index is 14.5. The number of nitrogens with one attached hydrogen (secondary N) is 3. The van der Waals surface area contributed by atoms with E-state index in [1.165, 1.54) is 25.7 Å². The molecule has 6 atom stereocenters. The monoisotopic (exact) mass is 596 g/mol. The Bertz CT molecular complexity index is 1170. The van der Waals surface area contributed by atoms with Gasteiger partial charge in [0.1, 0.15) is 12.1 Å². The third-order valence-electron chi connectivity index (χ3n) is 7.80. The Morgan fingerprint density at radius 1 is 1.12 bits per heavy atom. The van der Waals surface area contributed by atoms with Crippen molar-refractivity contribution in [2.75, 3.05) is 19.3 Å². The second-order valence-corrected chi connectivity index (χ2v) is 13.9. The third-order valence-corrected chi connectivity index (χ3v) is 8.65. The van der Waals surface area contributed by atoms with Crippen LogP contribution in [-0.2, 0) is 29.0 Å². The molecule has 40 heavy (non-hydrogen) atoms. The molecule has 2 heterocycles. The molecule has 1 saturated carbocycles. The van der Waals surface area contributed by atoms with Crippen LogP contribution >= 0.6 is 0 Å². The molecule has 226 valence electrons. The molecule has 3 rings (SSSR count). The number of carbonyl (C=O) groups excluding carboxylic acids is 4. The number of halogens is 4. The van der Waals surface area contributed by atoms with Crippen LogP contribution in [0, 0.1) is 23.2 Å². The topological polar surface area (TPSA) is 142 Å². The molecule has 2 aliphatic heterocycles. The minimum absolute atomic E-state index is 0.0826. The van der Waals surface area contributed by atoms with E-state index in [-0.39, 0.29) is 30.7 Å². The first-order valence-corrected chi connectivity index (χ1v) is 15.0. The number of carbonyl (C=O) groups is 4. The molecule has 0 unspecified atom stereocenters. The van der Waals surface area contributed by atoms with E-state index in [4.69, 9.17) is 0 Å². The maximum absolute atomic E-state index is 14.5. The van der Waals surface area contributed by atoms with Gasteiger partial charge >= 0.3 is 12.1 Å². The van der Waals surface area contributed by atoms with Gasteiger partial charge in [0.25, 0.3) is 0 Å². The second-order valence-electron chi connectivity index (χ2n) is 11.9. The quantitative estimate of drug-likeness (QED) is 0.364. The van der Waals surface area contributed by atoms with Crippen molar-refractivity contribution in [2.24, 2.45) is 23.2 Å². The average molecular weight is 597 g/mol. The van der Waals surface area contributed by atoms with Gasteiger partial charge in [0.05, 0.1) is 6.04 Å². The van der Waals surface area contributed by atoms with Gasteiger partial charge in [0.15, 0.2) is 0 Å². The van der Waals surface area contributed by atoms with E-state index in [0.717, 1.165) is 6.42 Å². The highest BCUT2D eigenvalue weighted by molar-refractivity contribution is 7.94. The maximum Gasteiger partial charge on any atom is 0.471 e. The van der Waals surface area contributed by atoms with Gasteiger partial charge in [-0.15, -0.1) is 0 Å². The summed E-state index contributed by atoms with van der Waals surface area (Å²) in [7, 11) is -4.24. The number of fused-ring (bicyclic) bond motifs is 1. The lowest BCUT2D eigenvalue weighted by molar-refractivity contribution is -0.176. The highest BCUT2D eigenvalue weighted by Gasteiger charge is 2.53. The Balaban J connectivity index is 1.91. The Hall–Kier alpha value is -2.71. The van der Waals surface area contributed by atoms with Crippen LogP contribution in [0.15, 0.2) is 11.2 Å². The number of likely N-dealkylation sites (tertiary alicyclic amines) is 1. The Labute approximate surface area is 230 Å². The summed E-state index contributed by atoms with van der Waals surface area (Å²) in [5, 5.41) is 5.50. The van der Waals surface area contributed by atoms with E-state index in [9.17, 15) is 45.2 Å². The highest BCUT2D eigenvalue weighted by atomic mass is 32.2. The molecule has 0 radical (unpaired) electrons. The predicted molar refractivity (Wildman–Crippen MR) is 135 cm³/mol. The van der Waals surface area contributed by atoms with E-state index in [1.54, 1.807) is 5.32 Å². The summed E-state index contributed by atoms with van der Waals surface area (Å²) in [6.45, 7) is 4.91. The molecule has 3 N–H and O–H groups in total. The average Bonchev–Trinajstić information content (AvgIpc) is 3.50. The molecule has 15 heteroatoms. The first-order chi connectivity index (χ1) is 18.3. The van der Waals surface area contributed by atoms with Gasteiger partial charge in [-0.05, 0) is 49.0 Å². The number of amides is 4. The molecule has 0 spiro atoms. The van der Waals surface area contributed by atoms with Crippen LogP contribution in [-0.4, -0.2) is 80.6 Å². The zero-order valence-electron chi connectivity index (χ0n) is 22.8. The second kappa shape index (κ2) is 11.6. The van der Waals surface area contributed by atoms with Gasteiger partial charge < -0.3 is 20.9 Å². The van der Waals surface area contributed by atoms with Crippen molar-refractivity contribution >= 4 is 33.5 Å². The van der Waals surface area contributed by atoms with E-state index < -0.39 is 68.4 Å². The molecule has 0 bridgehead atoms. The van der Waals surface area contributed by atoms with Crippen LogP contribution in [0.2, 0.25) is 0 Å². The Morgan fingerprint density at radius 3 is 2.30 bits per heavy atom. The first-order valence-electron chi connectivity index (χ1n) is 13.1. The molecular formula is C25H36F4N4O6S. The van der Waals surface area contributed by atoms with Crippen molar-refractivity contribution in [1.29, 1.82) is 0 Å². The lowest BCUT2D eigenvalue weighted by Gasteiger charge is -2.36.